The summed E-state index contributed by atoms with van der Waals surface area (Å²) in [6.07, 6.45) is 3.27. The average Bonchev–Trinajstić information content (AvgIpc) is 3.24. The van der Waals surface area contributed by atoms with Crippen molar-refractivity contribution in [3.63, 3.8) is 0 Å². The second kappa shape index (κ2) is 7.92. The van der Waals surface area contributed by atoms with Gasteiger partial charge >= 0.3 is 0 Å². The number of aliphatic imine (C=N–C) groups is 1. The molecule has 0 aliphatic heterocycles. The maximum atomic E-state index is 5.33. The molecule has 2 N–H and O–H groups in total. The van der Waals surface area contributed by atoms with E-state index < -0.39 is 0 Å². The molecule has 5 nitrogen and oxygen atoms in total. The molecule has 2 unspecified atom stereocenters. The monoisotopic (exact) mass is 305 g/mol. The quantitative estimate of drug-likeness (QED) is 0.461. The van der Waals surface area contributed by atoms with E-state index >= 15 is 0 Å². The van der Waals surface area contributed by atoms with Crippen molar-refractivity contribution in [3.05, 3.63) is 23.8 Å². The van der Waals surface area contributed by atoms with Crippen molar-refractivity contribution in [2.75, 3.05) is 27.8 Å². The van der Waals surface area contributed by atoms with Gasteiger partial charge in [-0.25, -0.2) is 0 Å². The fourth-order valence-corrected chi connectivity index (χ4v) is 2.43. The fourth-order valence-electron chi connectivity index (χ4n) is 2.43. The first kappa shape index (κ1) is 16.5. The van der Waals surface area contributed by atoms with Gasteiger partial charge < -0.3 is 20.1 Å². The van der Waals surface area contributed by atoms with E-state index in [1.807, 2.05) is 19.2 Å². The second-order valence-electron chi connectivity index (χ2n) is 5.76. The van der Waals surface area contributed by atoms with Crippen LogP contribution in [0.15, 0.2) is 23.2 Å². The minimum Gasteiger partial charge on any atom is -0.493 e. The summed E-state index contributed by atoms with van der Waals surface area (Å²) in [5, 5.41) is 6.79. The number of rotatable bonds is 7. The first-order valence-electron chi connectivity index (χ1n) is 7.86. The van der Waals surface area contributed by atoms with Crippen molar-refractivity contribution in [1.29, 1.82) is 0 Å². The molecule has 0 aromatic heterocycles. The molecule has 0 amide bonds. The molecule has 1 aliphatic rings. The number of ether oxygens (including phenoxy) is 2. The van der Waals surface area contributed by atoms with E-state index in [2.05, 4.69) is 28.6 Å². The van der Waals surface area contributed by atoms with E-state index in [0.717, 1.165) is 42.8 Å². The molecule has 2 atom stereocenters. The molecule has 1 aromatic carbocycles. The number of hydrogen-bond acceptors (Lipinski definition) is 3. The lowest BCUT2D eigenvalue weighted by atomic mass is 10.1. The molecular formula is C17H27N3O2. The molecule has 1 fully saturated rings. The Morgan fingerprint density at radius 3 is 2.59 bits per heavy atom. The predicted molar refractivity (Wildman–Crippen MR) is 89.9 cm³/mol. The van der Waals surface area contributed by atoms with Crippen molar-refractivity contribution >= 4 is 5.96 Å². The Bertz CT molecular complexity index is 517. The summed E-state index contributed by atoms with van der Waals surface area (Å²) in [4.78, 5) is 4.26. The molecule has 1 aromatic rings. The van der Waals surface area contributed by atoms with Gasteiger partial charge in [0.1, 0.15) is 0 Å². The highest BCUT2D eigenvalue weighted by molar-refractivity contribution is 5.80. The van der Waals surface area contributed by atoms with Gasteiger partial charge in [0.15, 0.2) is 17.5 Å². The van der Waals surface area contributed by atoms with Crippen molar-refractivity contribution < 1.29 is 9.47 Å². The molecule has 1 saturated carbocycles. The maximum Gasteiger partial charge on any atom is 0.191 e. The van der Waals surface area contributed by atoms with E-state index in [0.29, 0.717) is 6.04 Å². The van der Waals surface area contributed by atoms with Crippen LogP contribution in [0, 0.1) is 5.92 Å². The molecule has 0 saturated heterocycles. The van der Waals surface area contributed by atoms with Gasteiger partial charge in [0.25, 0.3) is 0 Å². The maximum absolute atomic E-state index is 5.33. The average molecular weight is 305 g/mol. The van der Waals surface area contributed by atoms with Crippen LogP contribution >= 0.6 is 0 Å². The highest BCUT2D eigenvalue weighted by atomic mass is 16.5. The Hall–Kier alpha value is -1.91. The van der Waals surface area contributed by atoms with Gasteiger partial charge in [-0.3, -0.25) is 4.99 Å². The molecule has 0 spiro atoms. The zero-order valence-corrected chi connectivity index (χ0v) is 14.0. The molecule has 0 radical (unpaired) electrons. The van der Waals surface area contributed by atoms with Gasteiger partial charge in [0, 0.05) is 19.6 Å². The van der Waals surface area contributed by atoms with Crippen molar-refractivity contribution in [2.24, 2.45) is 10.9 Å². The Morgan fingerprint density at radius 2 is 2.00 bits per heavy atom. The summed E-state index contributed by atoms with van der Waals surface area (Å²) in [5.41, 5.74) is 1.25. The molecule has 1 aliphatic carbocycles. The lowest BCUT2D eigenvalue weighted by molar-refractivity contribution is 0.354. The van der Waals surface area contributed by atoms with Gasteiger partial charge in [-0.1, -0.05) is 13.0 Å². The lowest BCUT2D eigenvalue weighted by Crippen LogP contribution is -2.39. The van der Waals surface area contributed by atoms with Gasteiger partial charge in [0.2, 0.25) is 0 Å². The van der Waals surface area contributed by atoms with E-state index in [1.54, 1.807) is 14.2 Å². The third kappa shape index (κ3) is 4.55. The van der Waals surface area contributed by atoms with Gasteiger partial charge in [-0.05, 0) is 42.9 Å². The summed E-state index contributed by atoms with van der Waals surface area (Å²) in [7, 11) is 5.13. The van der Waals surface area contributed by atoms with Crippen LogP contribution in [-0.2, 0) is 6.42 Å². The third-order valence-corrected chi connectivity index (χ3v) is 4.04. The van der Waals surface area contributed by atoms with Gasteiger partial charge in [-0.2, -0.15) is 0 Å². The first-order chi connectivity index (χ1) is 10.7. The lowest BCUT2D eigenvalue weighted by Gasteiger charge is -2.12. The Balaban J connectivity index is 1.73. The Labute approximate surface area is 133 Å². The highest BCUT2D eigenvalue weighted by Crippen LogP contribution is 2.29. The number of methoxy groups -OCH3 is 2. The minimum atomic E-state index is 0.594. The van der Waals surface area contributed by atoms with Gasteiger partial charge in [0.05, 0.1) is 14.2 Å². The Morgan fingerprint density at radius 1 is 1.27 bits per heavy atom. The number of benzene rings is 1. The first-order valence-corrected chi connectivity index (χ1v) is 7.86. The topological polar surface area (TPSA) is 54.9 Å². The van der Waals surface area contributed by atoms with Crippen LogP contribution in [-0.4, -0.2) is 39.8 Å². The molecule has 0 bridgehead atoms. The van der Waals surface area contributed by atoms with E-state index in [1.165, 1.54) is 12.0 Å². The standard InChI is InChI=1S/C17H27N3O2/c1-12-10-14(12)20-17(18-2)19-9-5-6-13-7-8-15(21-3)16(11-13)22-4/h7-8,11-12,14H,5-6,9-10H2,1-4H3,(H2,18,19,20). The Kier molecular flexibility index (Phi) is 5.92. The van der Waals surface area contributed by atoms with Crippen LogP contribution in [0.1, 0.15) is 25.3 Å². The zero-order chi connectivity index (χ0) is 15.9. The smallest absolute Gasteiger partial charge is 0.191 e. The number of aryl methyl sites for hydroxylation is 1. The van der Waals surface area contributed by atoms with Crippen LogP contribution in [0.4, 0.5) is 0 Å². The van der Waals surface area contributed by atoms with Crippen LogP contribution in [0.2, 0.25) is 0 Å². The zero-order valence-electron chi connectivity index (χ0n) is 14.0. The number of hydrogen-bond donors (Lipinski definition) is 2. The van der Waals surface area contributed by atoms with Crippen LogP contribution in [0.5, 0.6) is 11.5 Å². The van der Waals surface area contributed by atoms with Crippen molar-refractivity contribution in [2.45, 2.75) is 32.2 Å². The number of nitrogens with one attached hydrogen (secondary N) is 2. The van der Waals surface area contributed by atoms with E-state index in [4.69, 9.17) is 9.47 Å². The summed E-state index contributed by atoms with van der Waals surface area (Å²) < 4.78 is 10.6. The predicted octanol–water partition coefficient (Wildman–Crippen LogP) is 2.21. The SMILES string of the molecule is CN=C(NCCCc1ccc(OC)c(OC)c1)NC1CC1C. The van der Waals surface area contributed by atoms with E-state index in [-0.39, 0.29) is 0 Å². The number of guanidine groups is 1. The largest absolute Gasteiger partial charge is 0.493 e. The van der Waals surface area contributed by atoms with Gasteiger partial charge in [-0.15, -0.1) is 0 Å². The van der Waals surface area contributed by atoms with Crippen LogP contribution in [0.3, 0.4) is 0 Å². The second-order valence-corrected chi connectivity index (χ2v) is 5.76. The molecule has 122 valence electrons. The summed E-state index contributed by atoms with van der Waals surface area (Å²) in [6, 6.07) is 6.67. The highest BCUT2D eigenvalue weighted by Gasteiger charge is 2.33. The normalized spacial score (nSPS) is 20.5. The summed E-state index contributed by atoms with van der Waals surface area (Å²) in [6.45, 7) is 3.15. The van der Waals surface area contributed by atoms with Crippen molar-refractivity contribution in [3.8, 4) is 11.5 Å². The van der Waals surface area contributed by atoms with Crippen LogP contribution < -0.4 is 20.1 Å². The molecule has 22 heavy (non-hydrogen) atoms. The molecule has 2 rings (SSSR count). The molecule has 0 heterocycles. The minimum absolute atomic E-state index is 0.594. The number of nitrogens with zero attached hydrogens (tertiary/aromatic N) is 1. The van der Waals surface area contributed by atoms with Crippen LogP contribution in [0.25, 0.3) is 0 Å². The van der Waals surface area contributed by atoms with E-state index in [9.17, 15) is 0 Å². The third-order valence-electron chi connectivity index (χ3n) is 4.04. The fraction of sp³-hybridized carbons (Fsp3) is 0.588. The molecule has 5 heteroatoms. The van der Waals surface area contributed by atoms with Crippen molar-refractivity contribution in [1.82, 2.24) is 10.6 Å². The molecular weight excluding hydrogens is 278 g/mol. The summed E-state index contributed by atoms with van der Waals surface area (Å²) in [5.74, 6) is 3.23. The summed E-state index contributed by atoms with van der Waals surface area (Å²) >= 11 is 0.